The fraction of sp³-hybridized carbons (Fsp3) is 0.417. The summed E-state index contributed by atoms with van der Waals surface area (Å²) in [5.41, 5.74) is 2.81. The van der Waals surface area contributed by atoms with E-state index in [1.807, 2.05) is 43.0 Å². The third-order valence-corrected chi connectivity index (χ3v) is 6.59. The number of aromatic nitrogens is 1. The molecule has 0 atom stereocenters. The predicted molar refractivity (Wildman–Crippen MR) is 118 cm³/mol. The van der Waals surface area contributed by atoms with Crippen LogP contribution in [0, 0.1) is 0 Å². The van der Waals surface area contributed by atoms with Crippen LogP contribution < -0.4 is 4.90 Å². The van der Waals surface area contributed by atoms with E-state index < -0.39 is 5.41 Å². The van der Waals surface area contributed by atoms with Crippen LogP contribution in [-0.4, -0.2) is 60.1 Å². The summed E-state index contributed by atoms with van der Waals surface area (Å²) in [5, 5.41) is 5.36. The van der Waals surface area contributed by atoms with Crippen LogP contribution >= 0.6 is 0 Å². The lowest BCUT2D eigenvalue weighted by Crippen LogP contribution is -2.52. The molecule has 0 radical (unpaired) electrons. The summed E-state index contributed by atoms with van der Waals surface area (Å²) in [5.74, 6) is 1.17. The molecule has 30 heavy (non-hydrogen) atoms. The van der Waals surface area contributed by atoms with Crippen molar-refractivity contribution in [3.8, 4) is 0 Å². The number of rotatable bonds is 4. The van der Waals surface area contributed by atoms with Crippen molar-refractivity contribution in [2.75, 3.05) is 44.2 Å². The Morgan fingerprint density at radius 3 is 2.53 bits per heavy atom. The molecule has 1 fully saturated rings. The Labute approximate surface area is 177 Å². The molecule has 156 valence electrons. The number of carbonyl (C=O) groups excluding carboxylic acids is 1. The zero-order chi connectivity index (χ0) is 20.7. The number of piperazine rings is 1. The van der Waals surface area contributed by atoms with Crippen molar-refractivity contribution in [2.45, 2.75) is 25.8 Å². The number of hydrogen-bond donors (Lipinski definition) is 0. The van der Waals surface area contributed by atoms with Gasteiger partial charge in [0.1, 0.15) is 0 Å². The predicted octanol–water partition coefficient (Wildman–Crippen LogP) is 3.27. The largest absolute Gasteiger partial charge is 0.354 e. The minimum Gasteiger partial charge on any atom is -0.354 e. The van der Waals surface area contributed by atoms with Gasteiger partial charge < -0.3 is 14.3 Å². The van der Waals surface area contributed by atoms with Gasteiger partial charge in [0, 0.05) is 45.8 Å². The first-order valence-corrected chi connectivity index (χ1v) is 10.7. The Balaban J connectivity index is 1.20. The first-order valence-electron chi connectivity index (χ1n) is 10.7. The van der Waals surface area contributed by atoms with E-state index in [4.69, 9.17) is 4.52 Å². The molecule has 1 aromatic heterocycles. The molecule has 0 saturated carbocycles. The van der Waals surface area contributed by atoms with Crippen LogP contribution in [-0.2, 0) is 16.8 Å². The van der Waals surface area contributed by atoms with E-state index in [0.717, 1.165) is 56.1 Å². The van der Waals surface area contributed by atoms with Crippen molar-refractivity contribution in [1.82, 2.24) is 15.0 Å². The maximum atomic E-state index is 13.1. The van der Waals surface area contributed by atoms with Gasteiger partial charge >= 0.3 is 0 Å². The van der Waals surface area contributed by atoms with Gasteiger partial charge in [-0.3, -0.25) is 9.69 Å². The fourth-order valence-electron chi connectivity index (χ4n) is 4.78. The minimum absolute atomic E-state index is 0.230. The summed E-state index contributed by atoms with van der Waals surface area (Å²) < 4.78 is 5.47. The van der Waals surface area contributed by atoms with Crippen molar-refractivity contribution in [3.63, 3.8) is 0 Å². The molecule has 6 nitrogen and oxygen atoms in total. The third-order valence-electron chi connectivity index (χ3n) is 6.59. The van der Waals surface area contributed by atoms with Gasteiger partial charge in [-0.15, -0.1) is 0 Å². The Hall–Kier alpha value is -2.86. The summed E-state index contributed by atoms with van der Waals surface area (Å²) in [7, 11) is 0. The van der Waals surface area contributed by atoms with Crippen LogP contribution in [0.15, 0.2) is 53.1 Å². The number of para-hydroxylation sites is 1. The van der Waals surface area contributed by atoms with Crippen LogP contribution in [0.25, 0.3) is 11.0 Å². The molecule has 6 heteroatoms. The number of fused-ring (bicyclic) bond motifs is 2. The SMILES string of the molecule is CC1(C)C(=O)N(CCN2CCN(c3noc4ccccc34)CC2)Cc2ccccc21. The highest BCUT2D eigenvalue weighted by molar-refractivity contribution is 5.89. The lowest BCUT2D eigenvalue weighted by molar-refractivity contribution is -0.138. The second kappa shape index (κ2) is 7.43. The maximum Gasteiger partial charge on any atom is 0.233 e. The van der Waals surface area contributed by atoms with E-state index in [1.165, 1.54) is 11.1 Å². The second-order valence-electron chi connectivity index (χ2n) is 8.84. The maximum absolute atomic E-state index is 13.1. The van der Waals surface area contributed by atoms with Crippen LogP contribution in [0.1, 0.15) is 25.0 Å². The van der Waals surface area contributed by atoms with Crippen molar-refractivity contribution < 1.29 is 9.32 Å². The van der Waals surface area contributed by atoms with Gasteiger partial charge in [0.2, 0.25) is 5.91 Å². The Kier molecular flexibility index (Phi) is 4.74. The topological polar surface area (TPSA) is 52.8 Å². The quantitative estimate of drug-likeness (QED) is 0.668. The second-order valence-corrected chi connectivity index (χ2v) is 8.84. The zero-order valence-electron chi connectivity index (χ0n) is 17.7. The van der Waals surface area contributed by atoms with E-state index in [9.17, 15) is 4.79 Å². The molecule has 2 aromatic carbocycles. The molecule has 0 aliphatic carbocycles. The molecular weight excluding hydrogens is 376 g/mol. The first-order chi connectivity index (χ1) is 14.5. The van der Waals surface area contributed by atoms with Crippen LogP contribution in [0.4, 0.5) is 5.82 Å². The molecule has 0 unspecified atom stereocenters. The highest BCUT2D eigenvalue weighted by Crippen LogP contribution is 2.34. The Bertz CT molecular complexity index is 1070. The minimum atomic E-state index is -0.457. The molecule has 3 aromatic rings. The van der Waals surface area contributed by atoms with Crippen LogP contribution in [0.5, 0.6) is 0 Å². The number of carbonyl (C=O) groups is 1. The zero-order valence-corrected chi connectivity index (χ0v) is 17.7. The summed E-state index contributed by atoms with van der Waals surface area (Å²) in [6, 6.07) is 16.4. The molecular formula is C24H28N4O2. The first kappa shape index (κ1) is 19.1. The van der Waals surface area contributed by atoms with Crippen LogP contribution in [0.3, 0.4) is 0 Å². The van der Waals surface area contributed by atoms with Gasteiger partial charge in [-0.2, -0.15) is 0 Å². The van der Waals surface area contributed by atoms with Gasteiger partial charge in [0.05, 0.1) is 10.8 Å². The number of benzene rings is 2. The standard InChI is InChI=1S/C24H28N4O2/c1-24(2)20-9-5-3-7-18(20)17-28(23(24)29)16-13-26-11-14-27(15-12-26)22-19-8-4-6-10-21(19)30-25-22/h3-10H,11-17H2,1-2H3. The van der Waals surface area contributed by atoms with E-state index in [2.05, 4.69) is 39.2 Å². The van der Waals surface area contributed by atoms with Crippen molar-refractivity contribution >= 4 is 22.7 Å². The molecule has 5 rings (SSSR count). The average Bonchev–Trinajstić information content (AvgIpc) is 3.20. The van der Waals surface area contributed by atoms with E-state index in [0.29, 0.717) is 6.54 Å². The average molecular weight is 405 g/mol. The summed E-state index contributed by atoms with van der Waals surface area (Å²) in [6.45, 7) is 10.2. The smallest absolute Gasteiger partial charge is 0.233 e. The van der Waals surface area contributed by atoms with E-state index in [1.54, 1.807) is 0 Å². The van der Waals surface area contributed by atoms with Gasteiger partial charge in [0.25, 0.3) is 0 Å². The summed E-state index contributed by atoms with van der Waals surface area (Å²) >= 11 is 0. The third kappa shape index (κ3) is 3.25. The number of anilines is 1. The van der Waals surface area contributed by atoms with Gasteiger partial charge in [0.15, 0.2) is 11.4 Å². The van der Waals surface area contributed by atoms with E-state index >= 15 is 0 Å². The van der Waals surface area contributed by atoms with Crippen molar-refractivity contribution in [3.05, 3.63) is 59.7 Å². The molecule has 3 heterocycles. The van der Waals surface area contributed by atoms with Gasteiger partial charge in [-0.1, -0.05) is 41.6 Å². The molecule has 0 spiro atoms. The molecule has 2 aliphatic rings. The van der Waals surface area contributed by atoms with Crippen LogP contribution in [0.2, 0.25) is 0 Å². The number of amides is 1. The molecule has 1 amide bonds. The molecule has 2 aliphatic heterocycles. The monoisotopic (exact) mass is 404 g/mol. The number of hydrogen-bond acceptors (Lipinski definition) is 5. The Morgan fingerprint density at radius 1 is 0.967 bits per heavy atom. The van der Waals surface area contributed by atoms with E-state index in [-0.39, 0.29) is 5.91 Å². The summed E-state index contributed by atoms with van der Waals surface area (Å²) in [4.78, 5) is 19.9. The fourth-order valence-corrected chi connectivity index (χ4v) is 4.78. The molecule has 1 saturated heterocycles. The molecule has 0 N–H and O–H groups in total. The molecule has 0 bridgehead atoms. The highest BCUT2D eigenvalue weighted by atomic mass is 16.5. The lowest BCUT2D eigenvalue weighted by Gasteiger charge is -2.41. The van der Waals surface area contributed by atoms with Gasteiger partial charge in [-0.05, 0) is 37.1 Å². The normalized spacial score (nSPS) is 19.3. The van der Waals surface area contributed by atoms with Gasteiger partial charge in [-0.25, -0.2) is 0 Å². The van der Waals surface area contributed by atoms with Crippen molar-refractivity contribution in [2.24, 2.45) is 0 Å². The van der Waals surface area contributed by atoms with Crippen molar-refractivity contribution in [1.29, 1.82) is 0 Å². The summed E-state index contributed by atoms with van der Waals surface area (Å²) in [6.07, 6.45) is 0. The highest BCUT2D eigenvalue weighted by Gasteiger charge is 2.39. The Morgan fingerprint density at radius 2 is 1.70 bits per heavy atom. The number of nitrogens with zero attached hydrogens (tertiary/aromatic N) is 4. The lowest BCUT2D eigenvalue weighted by atomic mass is 9.77.